The van der Waals surface area contributed by atoms with Gasteiger partial charge in [-0.1, -0.05) is 36.2 Å². The number of primary amides is 1. The first-order valence-corrected chi connectivity index (χ1v) is 10.7. The number of halogens is 2. The Morgan fingerprint density at radius 1 is 1.17 bits per heavy atom. The molecule has 29 heavy (non-hydrogen) atoms. The van der Waals surface area contributed by atoms with E-state index in [1.165, 1.54) is 0 Å². The van der Waals surface area contributed by atoms with Crippen molar-refractivity contribution < 1.29 is 9.53 Å². The number of carbonyl (C=O) groups is 1. The van der Waals surface area contributed by atoms with Crippen molar-refractivity contribution in [1.29, 1.82) is 0 Å². The van der Waals surface area contributed by atoms with Crippen LogP contribution < -0.4 is 10.6 Å². The topological polar surface area (TPSA) is 58.8 Å². The van der Waals surface area contributed by atoms with E-state index in [2.05, 4.69) is 16.7 Å². The second-order valence-corrected chi connectivity index (χ2v) is 8.39. The van der Waals surface area contributed by atoms with E-state index in [-0.39, 0.29) is 12.1 Å². The van der Waals surface area contributed by atoms with Gasteiger partial charge < -0.3 is 15.4 Å². The van der Waals surface area contributed by atoms with E-state index in [0.717, 1.165) is 49.4 Å². The molecule has 1 saturated heterocycles. The fourth-order valence-electron chi connectivity index (χ4n) is 4.36. The van der Waals surface area contributed by atoms with Crippen molar-refractivity contribution in [2.24, 2.45) is 5.73 Å². The number of nitrogens with zero attached hydrogens (tertiary/aromatic N) is 2. The second kappa shape index (κ2) is 8.52. The van der Waals surface area contributed by atoms with E-state index in [9.17, 15) is 4.79 Å². The Morgan fingerprint density at radius 3 is 2.72 bits per heavy atom. The van der Waals surface area contributed by atoms with Gasteiger partial charge in [0.05, 0.1) is 22.7 Å². The van der Waals surface area contributed by atoms with Gasteiger partial charge in [0.2, 0.25) is 5.91 Å². The van der Waals surface area contributed by atoms with Crippen LogP contribution in [-0.2, 0) is 11.2 Å². The van der Waals surface area contributed by atoms with Crippen LogP contribution in [0, 0.1) is 0 Å². The Bertz CT molecular complexity index is 921. The Balaban J connectivity index is 1.71. The molecule has 1 fully saturated rings. The highest BCUT2D eigenvalue weighted by atomic mass is 35.5. The highest BCUT2D eigenvalue weighted by Crippen LogP contribution is 2.37. The molecular formula is C22H25Cl2N3O2. The highest BCUT2D eigenvalue weighted by Gasteiger charge is 2.37. The summed E-state index contributed by atoms with van der Waals surface area (Å²) in [5.41, 5.74) is 9.34. The molecule has 2 N–H and O–H groups in total. The van der Waals surface area contributed by atoms with Crippen LogP contribution in [0.4, 0.5) is 5.69 Å². The maximum atomic E-state index is 11.6. The predicted octanol–water partition coefficient (Wildman–Crippen LogP) is 3.92. The van der Waals surface area contributed by atoms with Crippen molar-refractivity contribution in [2.45, 2.75) is 25.5 Å². The van der Waals surface area contributed by atoms with E-state index in [1.54, 1.807) is 6.07 Å². The normalized spacial score (nSPS) is 22.4. The average Bonchev–Trinajstić information content (AvgIpc) is 2.74. The summed E-state index contributed by atoms with van der Waals surface area (Å²) in [6.07, 6.45) is 0.689. The summed E-state index contributed by atoms with van der Waals surface area (Å²) in [4.78, 5) is 16.4. The predicted molar refractivity (Wildman–Crippen MR) is 117 cm³/mol. The van der Waals surface area contributed by atoms with Gasteiger partial charge >= 0.3 is 0 Å². The fraction of sp³-hybridized carbons (Fsp3) is 0.409. The number of ether oxygens (including phenoxy) is 1. The van der Waals surface area contributed by atoms with Crippen LogP contribution in [0.2, 0.25) is 10.0 Å². The van der Waals surface area contributed by atoms with Gasteiger partial charge in [0.1, 0.15) is 6.10 Å². The molecule has 1 amide bonds. The quantitative estimate of drug-likeness (QED) is 0.793. The van der Waals surface area contributed by atoms with Gasteiger partial charge in [0.15, 0.2) is 0 Å². The van der Waals surface area contributed by atoms with Crippen molar-refractivity contribution in [2.75, 3.05) is 37.7 Å². The third-order valence-electron chi connectivity index (χ3n) is 5.94. The molecule has 2 unspecified atom stereocenters. The minimum atomic E-state index is -0.400. The summed E-state index contributed by atoms with van der Waals surface area (Å²) < 4.78 is 6.30. The van der Waals surface area contributed by atoms with Crippen molar-refractivity contribution >= 4 is 34.8 Å². The van der Waals surface area contributed by atoms with Crippen molar-refractivity contribution in [1.82, 2.24) is 4.90 Å². The number of carbonyl (C=O) groups excluding carboxylic acids is 1. The monoisotopic (exact) mass is 433 g/mol. The van der Waals surface area contributed by atoms with E-state index in [4.69, 9.17) is 33.7 Å². The summed E-state index contributed by atoms with van der Waals surface area (Å²) in [7, 11) is 0. The van der Waals surface area contributed by atoms with Crippen LogP contribution in [0.1, 0.15) is 34.5 Å². The van der Waals surface area contributed by atoms with Gasteiger partial charge in [-0.2, -0.15) is 0 Å². The third kappa shape index (κ3) is 4.10. The molecule has 2 heterocycles. The number of amides is 1. The van der Waals surface area contributed by atoms with E-state index in [1.807, 2.05) is 30.3 Å². The van der Waals surface area contributed by atoms with Crippen LogP contribution in [0.5, 0.6) is 0 Å². The van der Waals surface area contributed by atoms with Gasteiger partial charge in [-0.15, -0.1) is 0 Å². The molecule has 154 valence electrons. The SMILES string of the molecule is CCN1CCN(c2ccc(Cl)c(Cl)c2)C(C2OCCc3cc(C(N)=O)ccc32)C1. The zero-order valence-corrected chi connectivity index (χ0v) is 17.9. The second-order valence-electron chi connectivity index (χ2n) is 7.57. The molecule has 2 aliphatic heterocycles. The number of likely N-dealkylation sites (N-methyl/N-ethyl adjacent to an activating group) is 1. The molecule has 0 saturated carbocycles. The van der Waals surface area contributed by atoms with E-state index >= 15 is 0 Å². The van der Waals surface area contributed by atoms with Crippen LogP contribution in [-0.4, -0.2) is 49.6 Å². The molecule has 0 aromatic heterocycles. The molecule has 5 nitrogen and oxygen atoms in total. The van der Waals surface area contributed by atoms with E-state index in [0.29, 0.717) is 22.2 Å². The number of anilines is 1. The summed E-state index contributed by atoms with van der Waals surface area (Å²) in [6, 6.07) is 11.6. The Hall–Kier alpha value is -1.79. The van der Waals surface area contributed by atoms with E-state index < -0.39 is 5.91 Å². The lowest BCUT2D eigenvalue weighted by atomic mass is 9.89. The van der Waals surface area contributed by atoms with Gasteiger partial charge in [0, 0.05) is 30.9 Å². The van der Waals surface area contributed by atoms with Crippen molar-refractivity contribution in [3.05, 3.63) is 63.1 Å². The van der Waals surface area contributed by atoms with Gasteiger partial charge in [-0.3, -0.25) is 9.69 Å². The van der Waals surface area contributed by atoms with Crippen LogP contribution in [0.15, 0.2) is 36.4 Å². The van der Waals surface area contributed by atoms with Crippen LogP contribution in [0.3, 0.4) is 0 Å². The zero-order chi connectivity index (χ0) is 20.5. The first kappa shape index (κ1) is 20.5. The van der Waals surface area contributed by atoms with Crippen molar-refractivity contribution in [3.63, 3.8) is 0 Å². The number of hydrogen-bond donors (Lipinski definition) is 1. The lowest BCUT2D eigenvalue weighted by Crippen LogP contribution is -2.56. The number of nitrogens with two attached hydrogens (primary N) is 1. The van der Waals surface area contributed by atoms with Gasteiger partial charge in [-0.25, -0.2) is 0 Å². The van der Waals surface area contributed by atoms with Gasteiger partial charge in [-0.05, 0) is 54.4 Å². The third-order valence-corrected chi connectivity index (χ3v) is 6.68. The van der Waals surface area contributed by atoms with Gasteiger partial charge in [0.25, 0.3) is 0 Å². The molecule has 0 radical (unpaired) electrons. The number of piperazine rings is 1. The lowest BCUT2D eigenvalue weighted by molar-refractivity contribution is 0.00757. The summed E-state index contributed by atoms with van der Waals surface area (Å²) in [5, 5.41) is 1.11. The number of hydrogen-bond acceptors (Lipinski definition) is 4. The van der Waals surface area contributed by atoms with Crippen LogP contribution >= 0.6 is 23.2 Å². The first-order valence-electron chi connectivity index (χ1n) is 9.96. The molecule has 7 heteroatoms. The zero-order valence-electron chi connectivity index (χ0n) is 16.4. The minimum Gasteiger partial charge on any atom is -0.371 e. The number of benzene rings is 2. The molecule has 2 atom stereocenters. The molecule has 0 bridgehead atoms. The molecule has 4 rings (SSSR count). The summed E-state index contributed by atoms with van der Waals surface area (Å²) in [6.45, 7) is 6.54. The number of rotatable bonds is 4. The summed E-state index contributed by atoms with van der Waals surface area (Å²) in [5.74, 6) is -0.400. The maximum absolute atomic E-state index is 11.6. The molecule has 0 spiro atoms. The minimum absolute atomic E-state index is 0.0931. The Labute approximate surface area is 181 Å². The maximum Gasteiger partial charge on any atom is 0.248 e. The average molecular weight is 434 g/mol. The van der Waals surface area contributed by atoms with Crippen molar-refractivity contribution in [3.8, 4) is 0 Å². The Kier molecular flexibility index (Phi) is 6.02. The fourth-order valence-corrected chi connectivity index (χ4v) is 4.65. The molecule has 0 aliphatic carbocycles. The lowest BCUT2D eigenvalue weighted by Gasteiger charge is -2.47. The molecule has 2 aromatic carbocycles. The molecule has 2 aliphatic rings. The molecular weight excluding hydrogens is 409 g/mol. The number of fused-ring (bicyclic) bond motifs is 1. The van der Waals surface area contributed by atoms with Crippen LogP contribution in [0.25, 0.3) is 0 Å². The largest absolute Gasteiger partial charge is 0.371 e. The molecule has 2 aromatic rings. The highest BCUT2D eigenvalue weighted by molar-refractivity contribution is 6.42. The standard InChI is InChI=1S/C22H25Cl2N3O2/c1-2-26-8-9-27(16-4-6-18(23)19(24)12-16)20(13-26)21-17-5-3-15(22(25)28)11-14(17)7-10-29-21/h3-6,11-12,20-21H,2,7-10,13H2,1H3,(H2,25,28). The smallest absolute Gasteiger partial charge is 0.248 e. The first-order chi connectivity index (χ1) is 14.0. The summed E-state index contributed by atoms with van der Waals surface area (Å²) >= 11 is 12.4. The Morgan fingerprint density at radius 2 is 2.00 bits per heavy atom.